The van der Waals surface area contributed by atoms with E-state index < -0.39 is 0 Å². The summed E-state index contributed by atoms with van der Waals surface area (Å²) in [5.74, 6) is 0.554. The van der Waals surface area contributed by atoms with Crippen molar-refractivity contribution in [1.29, 1.82) is 0 Å². The summed E-state index contributed by atoms with van der Waals surface area (Å²) in [7, 11) is 0. The minimum atomic E-state index is -0.142. The Kier molecular flexibility index (Phi) is 4.93. The lowest BCUT2D eigenvalue weighted by atomic mass is 10.2. The van der Waals surface area contributed by atoms with Gasteiger partial charge in [-0.05, 0) is 50.6 Å². The molecule has 2 rings (SSSR count). The number of aromatic nitrogens is 1. The molecule has 0 bridgehead atoms. The first kappa shape index (κ1) is 15.0. The molecule has 4 heteroatoms. The van der Waals surface area contributed by atoms with Crippen LogP contribution < -0.4 is 10.2 Å². The normalized spacial score (nSPS) is 11.7. The number of rotatable bonds is 4. The highest BCUT2D eigenvalue weighted by atomic mass is 16.5. The largest absolute Gasteiger partial charge is 0.484 e. The van der Waals surface area contributed by atoms with Crippen LogP contribution in [-0.2, 0) is 0 Å². The van der Waals surface area contributed by atoms with Crippen molar-refractivity contribution < 1.29 is 9.53 Å². The van der Waals surface area contributed by atoms with Crippen LogP contribution in [0.3, 0.4) is 0 Å². The van der Waals surface area contributed by atoms with Crippen LogP contribution in [0.5, 0.6) is 5.75 Å². The Morgan fingerprint density at radius 2 is 2.05 bits per heavy atom. The molecule has 21 heavy (non-hydrogen) atoms. The van der Waals surface area contributed by atoms with Gasteiger partial charge in [-0.1, -0.05) is 18.2 Å². The number of carbonyl (C=O) groups is 1. The van der Waals surface area contributed by atoms with E-state index >= 15 is 0 Å². The molecule has 0 saturated heterocycles. The molecule has 0 atom stereocenters. The van der Waals surface area contributed by atoms with Crippen LogP contribution in [0.15, 0.2) is 53.7 Å². The third-order valence-corrected chi connectivity index (χ3v) is 2.85. The number of hydrogen-bond acceptors (Lipinski definition) is 3. The van der Waals surface area contributed by atoms with Crippen molar-refractivity contribution in [1.82, 2.24) is 4.57 Å². The molecule has 0 aliphatic carbocycles. The first-order valence-electron chi connectivity index (χ1n) is 7.00. The number of nitrogens with zero attached hydrogens (tertiary/aromatic N) is 2. The SMILES string of the molecule is Cc1cccc(OCC(=O)n2ccccc2=NC(C)C)c1. The summed E-state index contributed by atoms with van der Waals surface area (Å²) < 4.78 is 7.07. The Balaban J connectivity index is 2.14. The van der Waals surface area contributed by atoms with Crippen LogP contribution in [0.1, 0.15) is 24.2 Å². The molecule has 0 aliphatic heterocycles. The topological polar surface area (TPSA) is 43.6 Å². The summed E-state index contributed by atoms with van der Waals surface area (Å²) in [6.45, 7) is 5.93. The Morgan fingerprint density at radius 3 is 2.76 bits per heavy atom. The van der Waals surface area contributed by atoms with Gasteiger partial charge in [-0.3, -0.25) is 14.4 Å². The van der Waals surface area contributed by atoms with Gasteiger partial charge in [0.25, 0.3) is 5.91 Å². The van der Waals surface area contributed by atoms with Crippen LogP contribution in [-0.4, -0.2) is 23.1 Å². The van der Waals surface area contributed by atoms with Crippen molar-refractivity contribution in [2.24, 2.45) is 4.99 Å². The fraction of sp³-hybridized carbons (Fsp3) is 0.294. The van der Waals surface area contributed by atoms with Crippen LogP contribution in [0.4, 0.5) is 0 Å². The van der Waals surface area contributed by atoms with E-state index in [1.54, 1.807) is 6.20 Å². The number of carbonyl (C=O) groups excluding carboxylic acids is 1. The van der Waals surface area contributed by atoms with E-state index in [0.717, 1.165) is 5.56 Å². The molecule has 0 radical (unpaired) electrons. The molecular formula is C17H20N2O2. The van der Waals surface area contributed by atoms with Crippen molar-refractivity contribution in [3.8, 4) is 5.75 Å². The molecule has 0 unspecified atom stereocenters. The molecule has 4 nitrogen and oxygen atoms in total. The monoisotopic (exact) mass is 284 g/mol. The van der Waals surface area contributed by atoms with Gasteiger partial charge in [0.1, 0.15) is 11.2 Å². The fourth-order valence-electron chi connectivity index (χ4n) is 1.93. The average molecular weight is 284 g/mol. The second-order valence-corrected chi connectivity index (χ2v) is 5.15. The van der Waals surface area contributed by atoms with Gasteiger partial charge in [0.05, 0.1) is 0 Å². The second kappa shape index (κ2) is 6.88. The molecule has 0 fully saturated rings. The van der Waals surface area contributed by atoms with Crippen molar-refractivity contribution in [2.45, 2.75) is 26.8 Å². The number of aryl methyl sites for hydroxylation is 1. The van der Waals surface area contributed by atoms with Crippen LogP contribution in [0.25, 0.3) is 0 Å². The highest BCUT2D eigenvalue weighted by Crippen LogP contribution is 2.12. The molecular weight excluding hydrogens is 264 g/mol. The third kappa shape index (κ3) is 4.31. The fourth-order valence-corrected chi connectivity index (χ4v) is 1.93. The number of ether oxygens (including phenoxy) is 1. The summed E-state index contributed by atoms with van der Waals surface area (Å²) in [6, 6.07) is 13.3. The minimum Gasteiger partial charge on any atom is -0.484 e. The van der Waals surface area contributed by atoms with Crippen LogP contribution in [0.2, 0.25) is 0 Å². The maximum absolute atomic E-state index is 12.3. The Bertz CT molecular complexity index is 687. The van der Waals surface area contributed by atoms with Gasteiger partial charge in [0.15, 0.2) is 6.61 Å². The average Bonchev–Trinajstić information content (AvgIpc) is 2.45. The number of benzene rings is 1. The molecule has 0 saturated carbocycles. The predicted octanol–water partition coefficient (Wildman–Crippen LogP) is 2.82. The standard InChI is InChI=1S/C17H20N2O2/c1-13(2)18-16-9-4-5-10-19(16)17(20)12-21-15-8-6-7-14(3)11-15/h4-11,13H,12H2,1-3H3. The Hall–Kier alpha value is -2.36. The lowest BCUT2D eigenvalue weighted by Gasteiger charge is -2.09. The van der Waals surface area contributed by atoms with E-state index in [9.17, 15) is 4.79 Å². The van der Waals surface area contributed by atoms with E-state index in [1.165, 1.54) is 4.57 Å². The molecule has 0 N–H and O–H groups in total. The lowest BCUT2D eigenvalue weighted by molar-refractivity contribution is 0.0831. The summed E-state index contributed by atoms with van der Waals surface area (Å²) in [5.41, 5.74) is 1.74. The summed E-state index contributed by atoms with van der Waals surface area (Å²) in [6.07, 6.45) is 1.71. The van der Waals surface area contributed by atoms with Gasteiger partial charge in [-0.15, -0.1) is 0 Å². The molecule has 110 valence electrons. The second-order valence-electron chi connectivity index (χ2n) is 5.15. The summed E-state index contributed by atoms with van der Waals surface area (Å²) in [4.78, 5) is 16.7. The molecule has 0 aliphatic rings. The quantitative estimate of drug-likeness (QED) is 0.866. The van der Waals surface area contributed by atoms with E-state index in [4.69, 9.17) is 4.74 Å². The van der Waals surface area contributed by atoms with Gasteiger partial charge >= 0.3 is 0 Å². The van der Waals surface area contributed by atoms with Crippen molar-refractivity contribution >= 4 is 5.91 Å². The van der Waals surface area contributed by atoms with Gasteiger partial charge in [-0.25, -0.2) is 0 Å². The maximum atomic E-state index is 12.3. The lowest BCUT2D eigenvalue weighted by Crippen LogP contribution is -2.31. The van der Waals surface area contributed by atoms with E-state index in [2.05, 4.69) is 4.99 Å². The van der Waals surface area contributed by atoms with Crippen molar-refractivity contribution in [2.75, 3.05) is 6.61 Å². The predicted molar refractivity (Wildman–Crippen MR) is 82.4 cm³/mol. The van der Waals surface area contributed by atoms with E-state index in [1.807, 2.05) is 63.2 Å². The first-order valence-corrected chi connectivity index (χ1v) is 7.00. The molecule has 1 heterocycles. The highest BCUT2D eigenvalue weighted by Gasteiger charge is 2.06. The van der Waals surface area contributed by atoms with E-state index in [-0.39, 0.29) is 18.6 Å². The van der Waals surface area contributed by atoms with Crippen LogP contribution >= 0.6 is 0 Å². The van der Waals surface area contributed by atoms with Crippen LogP contribution in [0, 0.1) is 6.92 Å². The summed E-state index contributed by atoms with van der Waals surface area (Å²) >= 11 is 0. The Labute approximate surface area is 124 Å². The zero-order valence-corrected chi connectivity index (χ0v) is 12.6. The molecule has 1 aromatic heterocycles. The van der Waals surface area contributed by atoms with Gasteiger partial charge in [0.2, 0.25) is 0 Å². The maximum Gasteiger partial charge on any atom is 0.270 e. The minimum absolute atomic E-state index is 0.0151. The molecule has 0 amide bonds. The number of hydrogen-bond donors (Lipinski definition) is 0. The zero-order chi connectivity index (χ0) is 15.2. The zero-order valence-electron chi connectivity index (χ0n) is 12.6. The Morgan fingerprint density at radius 1 is 1.24 bits per heavy atom. The van der Waals surface area contributed by atoms with Crippen molar-refractivity contribution in [3.05, 3.63) is 59.7 Å². The molecule has 1 aromatic carbocycles. The van der Waals surface area contributed by atoms with Gasteiger partial charge in [0, 0.05) is 12.2 Å². The van der Waals surface area contributed by atoms with E-state index in [0.29, 0.717) is 11.2 Å². The smallest absolute Gasteiger partial charge is 0.270 e. The first-order chi connectivity index (χ1) is 10.1. The van der Waals surface area contributed by atoms with Gasteiger partial charge < -0.3 is 4.74 Å². The third-order valence-electron chi connectivity index (χ3n) is 2.85. The number of pyridine rings is 1. The summed E-state index contributed by atoms with van der Waals surface area (Å²) in [5, 5.41) is 0. The highest BCUT2D eigenvalue weighted by molar-refractivity contribution is 5.80. The van der Waals surface area contributed by atoms with Crippen molar-refractivity contribution in [3.63, 3.8) is 0 Å². The van der Waals surface area contributed by atoms with Gasteiger partial charge in [-0.2, -0.15) is 0 Å². The molecule has 0 spiro atoms. The molecule has 2 aromatic rings.